The molecule has 2 rings (SSSR count). The number of rotatable bonds is 13. The van der Waals surface area contributed by atoms with E-state index in [2.05, 4.69) is 6.92 Å². The van der Waals surface area contributed by atoms with Gasteiger partial charge in [0.1, 0.15) is 12.7 Å². The Bertz CT molecular complexity index is 469. The number of hydrogen-bond acceptors (Lipinski definition) is 7. The molecule has 0 unspecified atom stereocenters. The minimum atomic E-state index is -1.44. The summed E-state index contributed by atoms with van der Waals surface area (Å²) in [4.78, 5) is 12.3. The van der Waals surface area contributed by atoms with E-state index in [9.17, 15) is 15.0 Å². The van der Waals surface area contributed by atoms with Gasteiger partial charge in [0.15, 0.2) is 6.10 Å². The molecule has 164 valence electrons. The number of alkyl halides is 1. The predicted octanol–water partition coefficient (Wildman–Crippen LogP) is 3.08. The molecule has 0 saturated carbocycles. The first-order chi connectivity index (χ1) is 13.5. The lowest BCUT2D eigenvalue weighted by atomic mass is 10.0. The molecular weight excluding hydrogens is 479 g/mol. The van der Waals surface area contributed by atoms with Gasteiger partial charge in [0.2, 0.25) is 9.39 Å². The molecule has 2 aliphatic heterocycles. The monoisotopic (exact) mass is 514 g/mol. The van der Waals surface area contributed by atoms with Crippen LogP contribution < -0.4 is 0 Å². The molecule has 0 amide bonds. The van der Waals surface area contributed by atoms with Crippen molar-refractivity contribution in [2.24, 2.45) is 0 Å². The highest BCUT2D eigenvalue weighted by atomic mass is 127. The first-order valence-corrected chi connectivity index (χ1v) is 11.7. The molecule has 0 bridgehead atoms. The summed E-state index contributed by atoms with van der Waals surface area (Å²) in [5, 5.41) is 20.1. The van der Waals surface area contributed by atoms with Gasteiger partial charge in [0.05, 0.1) is 19.8 Å². The van der Waals surface area contributed by atoms with Gasteiger partial charge in [-0.05, 0) is 29.0 Å². The maximum absolute atomic E-state index is 12.3. The number of esters is 1. The van der Waals surface area contributed by atoms with E-state index in [4.69, 9.17) is 18.9 Å². The molecule has 2 heterocycles. The minimum absolute atomic E-state index is 0.00656. The molecule has 2 fully saturated rings. The normalized spacial score (nSPS) is 29.3. The van der Waals surface area contributed by atoms with E-state index in [1.165, 1.54) is 38.5 Å². The van der Waals surface area contributed by atoms with Crippen molar-refractivity contribution in [3.63, 3.8) is 0 Å². The van der Waals surface area contributed by atoms with E-state index in [0.717, 1.165) is 19.3 Å². The summed E-state index contributed by atoms with van der Waals surface area (Å²) in [6.07, 6.45) is 8.91. The van der Waals surface area contributed by atoms with Crippen LogP contribution >= 0.6 is 22.6 Å². The largest absolute Gasteiger partial charge is 0.455 e. The van der Waals surface area contributed by atoms with E-state index >= 15 is 0 Å². The smallest absolute Gasteiger partial charge is 0.306 e. The van der Waals surface area contributed by atoms with Crippen LogP contribution in [0.1, 0.15) is 71.1 Å². The van der Waals surface area contributed by atoms with E-state index in [-0.39, 0.29) is 12.6 Å². The Morgan fingerprint density at radius 3 is 2.18 bits per heavy atom. The maximum Gasteiger partial charge on any atom is 0.306 e. The number of ether oxygens (including phenoxy) is 4. The van der Waals surface area contributed by atoms with Crippen LogP contribution in [0.5, 0.6) is 0 Å². The number of halogens is 1. The topological polar surface area (TPSA) is 94.5 Å². The lowest BCUT2D eigenvalue weighted by molar-refractivity contribution is -0.264. The van der Waals surface area contributed by atoms with Crippen LogP contribution in [0.25, 0.3) is 0 Å². The Morgan fingerprint density at radius 1 is 1.04 bits per heavy atom. The molecule has 28 heavy (non-hydrogen) atoms. The molecule has 0 aromatic heterocycles. The molecule has 2 N–H and O–H groups in total. The summed E-state index contributed by atoms with van der Waals surface area (Å²) in [5.41, 5.74) is 0. The fraction of sp³-hybridized carbons (Fsp3) is 0.950. The molecule has 0 aromatic rings. The second-order valence-electron chi connectivity index (χ2n) is 7.62. The molecule has 8 heteroatoms. The molecule has 0 aliphatic carbocycles. The van der Waals surface area contributed by atoms with Gasteiger partial charge in [-0.15, -0.1) is 0 Å². The fourth-order valence-corrected chi connectivity index (χ4v) is 4.94. The van der Waals surface area contributed by atoms with Crippen molar-refractivity contribution in [1.82, 2.24) is 0 Å². The third kappa shape index (κ3) is 6.01. The molecular formula is C20H35IO7. The van der Waals surface area contributed by atoms with Crippen LogP contribution in [0.3, 0.4) is 0 Å². The second kappa shape index (κ2) is 12.0. The van der Waals surface area contributed by atoms with Gasteiger partial charge in [-0.25, -0.2) is 0 Å². The van der Waals surface area contributed by atoms with Crippen molar-refractivity contribution in [3.8, 4) is 0 Å². The third-order valence-electron chi connectivity index (χ3n) is 5.40. The highest BCUT2D eigenvalue weighted by molar-refractivity contribution is 14.1. The second-order valence-corrected chi connectivity index (χ2v) is 9.22. The van der Waals surface area contributed by atoms with Crippen LogP contribution in [0.15, 0.2) is 0 Å². The van der Waals surface area contributed by atoms with Crippen LogP contribution in [0.2, 0.25) is 0 Å². The zero-order valence-corrected chi connectivity index (χ0v) is 19.0. The van der Waals surface area contributed by atoms with Crippen molar-refractivity contribution < 1.29 is 34.0 Å². The van der Waals surface area contributed by atoms with E-state index in [1.807, 2.05) is 22.6 Å². The van der Waals surface area contributed by atoms with Crippen LogP contribution in [0, 0.1) is 0 Å². The first kappa shape index (κ1) is 24.3. The van der Waals surface area contributed by atoms with Crippen molar-refractivity contribution in [2.75, 3.05) is 26.4 Å². The molecule has 2 saturated heterocycles. The Labute approximate surface area is 181 Å². The molecule has 0 spiro atoms. The first-order valence-electron chi connectivity index (χ1n) is 10.6. The summed E-state index contributed by atoms with van der Waals surface area (Å²) in [6, 6.07) is 0. The lowest BCUT2D eigenvalue weighted by Crippen LogP contribution is -2.61. The Hall–Kier alpha value is -0.000000000000000125. The molecule has 0 radical (unpaired) electrons. The van der Waals surface area contributed by atoms with Gasteiger partial charge in [0.25, 0.3) is 0 Å². The zero-order valence-electron chi connectivity index (χ0n) is 16.9. The summed E-state index contributed by atoms with van der Waals surface area (Å²) in [7, 11) is 0. The number of carbonyl (C=O) groups excluding carboxylic acids is 1. The maximum atomic E-state index is 12.3. The molecule has 2 aliphatic rings. The highest BCUT2D eigenvalue weighted by Crippen LogP contribution is 2.48. The average Bonchev–Trinajstić information content (AvgIpc) is 3.29. The Morgan fingerprint density at radius 2 is 1.61 bits per heavy atom. The summed E-state index contributed by atoms with van der Waals surface area (Å²) in [6.45, 7) is 2.38. The molecule has 3 atom stereocenters. The standard InChI is InChI=1S/C20H35IO7/c1-2-3-4-5-6-7-8-9-10-11-17(24)28-18-16(23)14-27-20(18,21)19(15-22)25-12-13-26-19/h16,18,22-23H,2-15H2,1H3/t16-,18+,20-/m0/s1. The third-order valence-corrected chi connectivity index (χ3v) is 7.15. The van der Waals surface area contributed by atoms with Gasteiger partial charge in [-0.1, -0.05) is 58.3 Å². The minimum Gasteiger partial charge on any atom is -0.455 e. The van der Waals surface area contributed by atoms with Crippen molar-refractivity contribution in [3.05, 3.63) is 0 Å². The number of aliphatic hydroxyl groups is 2. The van der Waals surface area contributed by atoms with Gasteiger partial charge in [0, 0.05) is 6.42 Å². The predicted molar refractivity (Wildman–Crippen MR) is 112 cm³/mol. The Balaban J connectivity index is 1.73. The van der Waals surface area contributed by atoms with Crippen molar-refractivity contribution in [2.45, 2.75) is 92.7 Å². The Kier molecular flexibility index (Phi) is 10.4. The van der Waals surface area contributed by atoms with Gasteiger partial charge < -0.3 is 29.2 Å². The van der Waals surface area contributed by atoms with Crippen LogP contribution in [-0.2, 0) is 23.7 Å². The van der Waals surface area contributed by atoms with Crippen LogP contribution in [0.4, 0.5) is 0 Å². The molecule has 7 nitrogen and oxygen atoms in total. The average molecular weight is 514 g/mol. The van der Waals surface area contributed by atoms with E-state index in [0.29, 0.717) is 19.6 Å². The van der Waals surface area contributed by atoms with Crippen LogP contribution in [-0.4, -0.2) is 64.2 Å². The van der Waals surface area contributed by atoms with Crippen molar-refractivity contribution >= 4 is 28.6 Å². The summed E-state index contributed by atoms with van der Waals surface area (Å²) in [5.74, 6) is -1.81. The zero-order chi connectivity index (χ0) is 20.5. The number of unbranched alkanes of at least 4 members (excludes halogenated alkanes) is 8. The summed E-state index contributed by atoms with van der Waals surface area (Å²) < 4.78 is 21.1. The molecule has 0 aromatic carbocycles. The number of carbonyl (C=O) groups is 1. The van der Waals surface area contributed by atoms with E-state index < -0.39 is 28.2 Å². The lowest BCUT2D eigenvalue weighted by Gasteiger charge is -2.41. The highest BCUT2D eigenvalue weighted by Gasteiger charge is 2.66. The summed E-state index contributed by atoms with van der Waals surface area (Å²) >= 11 is 1.93. The van der Waals surface area contributed by atoms with Crippen molar-refractivity contribution in [1.29, 1.82) is 0 Å². The van der Waals surface area contributed by atoms with E-state index in [1.54, 1.807) is 0 Å². The SMILES string of the molecule is CCCCCCCCCCCC(=O)O[C@@H]1[C@@H](O)CO[C@]1(I)C1(CO)OCCO1. The van der Waals surface area contributed by atoms with Gasteiger partial charge >= 0.3 is 5.97 Å². The fourth-order valence-electron chi connectivity index (χ4n) is 3.74. The quantitative estimate of drug-likeness (QED) is 0.169. The number of hydrogen-bond donors (Lipinski definition) is 2. The van der Waals surface area contributed by atoms with Gasteiger partial charge in [-0.2, -0.15) is 0 Å². The van der Waals surface area contributed by atoms with Gasteiger partial charge in [-0.3, -0.25) is 4.79 Å². The number of aliphatic hydroxyl groups excluding tert-OH is 2.